The number of aliphatic imine (C=N–C) groups is 1. The fourth-order valence-corrected chi connectivity index (χ4v) is 5.03. The van der Waals surface area contributed by atoms with E-state index in [0.29, 0.717) is 64.1 Å². The lowest BCUT2D eigenvalue weighted by atomic mass is 9.84. The van der Waals surface area contributed by atoms with Crippen LogP contribution in [0.2, 0.25) is 0 Å². The van der Waals surface area contributed by atoms with Crippen LogP contribution in [-0.2, 0) is 14.3 Å². The Hall–Kier alpha value is -2.38. The number of nitrogens with zero attached hydrogens (tertiary/aromatic N) is 4. The molecule has 3 rings (SSSR count). The average Bonchev–Trinajstić information content (AvgIpc) is 2.89. The van der Waals surface area contributed by atoms with Gasteiger partial charge in [-0.3, -0.25) is 10.1 Å². The number of hydrogen-bond acceptors (Lipinski definition) is 7. The molecule has 2 heterocycles. The normalized spacial score (nSPS) is 22.5. The summed E-state index contributed by atoms with van der Waals surface area (Å²) in [5.74, 6) is 0.709. The second-order valence-electron chi connectivity index (χ2n) is 10.9. The molecule has 3 fully saturated rings. The summed E-state index contributed by atoms with van der Waals surface area (Å²) < 4.78 is 10.8. The molecule has 0 bridgehead atoms. The van der Waals surface area contributed by atoms with Gasteiger partial charge in [-0.2, -0.15) is 5.26 Å². The molecule has 1 saturated carbocycles. The molecule has 3 aliphatic rings. The molecule has 0 aromatic rings. The van der Waals surface area contributed by atoms with Gasteiger partial charge in [0.1, 0.15) is 11.6 Å². The van der Waals surface area contributed by atoms with Crippen molar-refractivity contribution in [3.8, 4) is 6.07 Å². The maximum Gasteiger partial charge on any atom is 0.413 e. The molecule has 0 unspecified atom stereocenters. The maximum absolute atomic E-state index is 13.7. The Balaban J connectivity index is 1.83. The van der Waals surface area contributed by atoms with Gasteiger partial charge in [-0.25, -0.2) is 9.79 Å². The van der Waals surface area contributed by atoms with Gasteiger partial charge >= 0.3 is 6.09 Å². The van der Waals surface area contributed by atoms with E-state index in [1.54, 1.807) is 0 Å². The second-order valence-corrected chi connectivity index (χ2v) is 10.9. The third-order valence-corrected chi connectivity index (χ3v) is 7.35. The lowest BCUT2D eigenvalue weighted by molar-refractivity contribution is -0.124. The number of likely N-dealkylation sites (tertiary alicyclic amines) is 1. The topological polar surface area (TPSA) is 119 Å². The highest BCUT2D eigenvalue weighted by molar-refractivity contribution is 5.96. The Morgan fingerprint density at radius 1 is 1.14 bits per heavy atom. The molecule has 2 aliphatic heterocycles. The zero-order chi connectivity index (χ0) is 26.0. The Labute approximate surface area is 215 Å². The molecule has 0 aromatic heterocycles. The second kappa shape index (κ2) is 13.8. The number of hydrogen-bond donors (Lipinski definition) is 2. The van der Waals surface area contributed by atoms with Crippen LogP contribution < -0.4 is 10.6 Å². The van der Waals surface area contributed by atoms with E-state index in [2.05, 4.69) is 21.6 Å². The van der Waals surface area contributed by atoms with Gasteiger partial charge in [0.2, 0.25) is 11.9 Å². The molecule has 36 heavy (non-hydrogen) atoms. The summed E-state index contributed by atoms with van der Waals surface area (Å²) >= 11 is 0. The smallest absolute Gasteiger partial charge is 0.413 e. The number of carbonyl (C=O) groups excluding carboxylic acids is 2. The standard InChI is InChI=1S/C26H44N6O4/c1-20(2)18-36-25(34)29-24(32-13-15-35-16-14-32)28-22(17-21-7-5-4-6-8-21)23(33)30-26(19-27)9-11-31(3)12-10-26/h20-22H,4-18H2,1-3H3,(H,30,33)(H,28,29,34)/t22-/m0/s1. The number of nitriles is 1. The van der Waals surface area contributed by atoms with Crippen LogP contribution in [0.5, 0.6) is 0 Å². The van der Waals surface area contributed by atoms with Crippen molar-refractivity contribution in [2.75, 3.05) is 53.0 Å². The summed E-state index contributed by atoms with van der Waals surface area (Å²) in [6.07, 6.45) is 6.89. The number of rotatable bonds is 7. The summed E-state index contributed by atoms with van der Waals surface area (Å²) in [4.78, 5) is 35.2. The summed E-state index contributed by atoms with van der Waals surface area (Å²) in [7, 11) is 2.03. The first-order valence-electron chi connectivity index (χ1n) is 13.6. The summed E-state index contributed by atoms with van der Waals surface area (Å²) in [6, 6.07) is 1.69. The molecule has 2 saturated heterocycles. The first-order chi connectivity index (χ1) is 17.3. The lowest BCUT2D eigenvalue weighted by Gasteiger charge is -2.37. The Kier molecular flexibility index (Phi) is 10.8. The monoisotopic (exact) mass is 504 g/mol. The SMILES string of the molecule is CC(C)COC(=O)NC(=N[C@@H](CC1CCCCC1)C(=O)NC1(C#N)CCN(C)CC1)N1CCOCC1. The van der Waals surface area contributed by atoms with E-state index < -0.39 is 17.7 Å². The number of piperidine rings is 1. The molecule has 2 N–H and O–H groups in total. The van der Waals surface area contributed by atoms with Crippen LogP contribution in [0.25, 0.3) is 0 Å². The van der Waals surface area contributed by atoms with Crippen molar-refractivity contribution >= 4 is 18.0 Å². The zero-order valence-electron chi connectivity index (χ0n) is 22.3. The number of guanidine groups is 1. The highest BCUT2D eigenvalue weighted by Crippen LogP contribution is 2.29. The Bertz CT molecular complexity index is 791. The predicted octanol–water partition coefficient (Wildman–Crippen LogP) is 2.50. The molecular weight excluding hydrogens is 460 g/mol. The van der Waals surface area contributed by atoms with E-state index in [-0.39, 0.29) is 11.8 Å². The number of amides is 2. The molecule has 0 spiro atoms. The predicted molar refractivity (Wildman–Crippen MR) is 137 cm³/mol. The van der Waals surface area contributed by atoms with Crippen molar-refractivity contribution in [2.45, 2.75) is 76.8 Å². The third kappa shape index (κ3) is 8.63. The van der Waals surface area contributed by atoms with Crippen molar-refractivity contribution in [3.63, 3.8) is 0 Å². The number of alkyl carbamates (subject to hydrolysis) is 1. The third-order valence-electron chi connectivity index (χ3n) is 7.35. The minimum Gasteiger partial charge on any atom is -0.449 e. The number of ether oxygens (including phenoxy) is 2. The molecular formula is C26H44N6O4. The number of carbonyl (C=O) groups is 2. The van der Waals surface area contributed by atoms with Crippen molar-refractivity contribution in [1.82, 2.24) is 20.4 Å². The quantitative estimate of drug-likeness (QED) is 0.404. The van der Waals surface area contributed by atoms with Crippen molar-refractivity contribution in [1.29, 1.82) is 5.26 Å². The van der Waals surface area contributed by atoms with Gasteiger partial charge in [0.15, 0.2) is 0 Å². The first kappa shape index (κ1) is 28.2. The van der Waals surface area contributed by atoms with Gasteiger partial charge in [-0.1, -0.05) is 46.0 Å². The molecule has 10 heteroatoms. The van der Waals surface area contributed by atoms with Gasteiger partial charge < -0.3 is 24.6 Å². The molecule has 1 atom stereocenters. The van der Waals surface area contributed by atoms with E-state index in [9.17, 15) is 14.9 Å². The van der Waals surface area contributed by atoms with Gasteiger partial charge in [-0.15, -0.1) is 0 Å². The van der Waals surface area contributed by atoms with E-state index in [4.69, 9.17) is 14.5 Å². The summed E-state index contributed by atoms with van der Waals surface area (Å²) in [6.45, 7) is 7.93. The van der Waals surface area contributed by atoms with E-state index in [0.717, 1.165) is 38.8 Å². The highest BCUT2D eigenvalue weighted by atomic mass is 16.5. The Morgan fingerprint density at radius 2 is 1.81 bits per heavy atom. The van der Waals surface area contributed by atoms with Gasteiger partial charge in [0.05, 0.1) is 25.9 Å². The van der Waals surface area contributed by atoms with Crippen LogP contribution in [0.4, 0.5) is 4.79 Å². The van der Waals surface area contributed by atoms with Crippen LogP contribution in [-0.4, -0.2) is 92.4 Å². The Morgan fingerprint density at radius 3 is 2.42 bits per heavy atom. The van der Waals surface area contributed by atoms with Crippen molar-refractivity contribution in [2.24, 2.45) is 16.8 Å². The minimum atomic E-state index is -0.882. The van der Waals surface area contributed by atoms with Crippen LogP contribution in [0.1, 0.15) is 65.2 Å². The summed E-state index contributed by atoms with van der Waals surface area (Å²) in [5, 5.41) is 15.9. The number of nitrogens with one attached hydrogen (secondary N) is 2. The minimum absolute atomic E-state index is 0.209. The maximum atomic E-state index is 13.7. The van der Waals surface area contributed by atoms with E-state index in [1.807, 2.05) is 25.8 Å². The molecule has 0 aromatic carbocycles. The van der Waals surface area contributed by atoms with Crippen LogP contribution in [0.15, 0.2) is 4.99 Å². The van der Waals surface area contributed by atoms with Crippen LogP contribution in [0.3, 0.4) is 0 Å². The van der Waals surface area contributed by atoms with Crippen LogP contribution >= 0.6 is 0 Å². The van der Waals surface area contributed by atoms with Gasteiger partial charge in [0, 0.05) is 26.2 Å². The summed E-state index contributed by atoms with van der Waals surface area (Å²) in [5.41, 5.74) is -0.882. The number of morpholine rings is 1. The van der Waals surface area contributed by atoms with E-state index >= 15 is 0 Å². The largest absolute Gasteiger partial charge is 0.449 e. The van der Waals surface area contributed by atoms with Crippen molar-refractivity contribution < 1.29 is 19.1 Å². The zero-order valence-corrected chi connectivity index (χ0v) is 22.3. The molecule has 10 nitrogen and oxygen atoms in total. The van der Waals surface area contributed by atoms with E-state index in [1.165, 1.54) is 6.42 Å². The fraction of sp³-hybridized carbons (Fsp3) is 0.846. The van der Waals surface area contributed by atoms with Crippen molar-refractivity contribution in [3.05, 3.63) is 0 Å². The molecule has 202 valence electrons. The highest BCUT2D eigenvalue weighted by Gasteiger charge is 2.38. The molecule has 2 amide bonds. The average molecular weight is 505 g/mol. The van der Waals surface area contributed by atoms with Crippen LogP contribution in [0, 0.1) is 23.2 Å². The first-order valence-corrected chi connectivity index (χ1v) is 13.6. The lowest BCUT2D eigenvalue weighted by Crippen LogP contribution is -2.56. The molecule has 1 aliphatic carbocycles. The van der Waals surface area contributed by atoms with Gasteiger partial charge in [0.25, 0.3) is 0 Å². The van der Waals surface area contributed by atoms with Gasteiger partial charge in [-0.05, 0) is 38.1 Å². The molecule has 0 radical (unpaired) electrons. The fourth-order valence-electron chi connectivity index (χ4n) is 5.03.